The lowest BCUT2D eigenvalue weighted by molar-refractivity contribution is 0.634. The number of aromatic nitrogens is 3. The molecule has 0 N–H and O–H groups in total. The highest BCUT2D eigenvalue weighted by molar-refractivity contribution is 5.83. The minimum absolute atomic E-state index is 0.619. The van der Waals surface area contributed by atoms with Gasteiger partial charge in [-0.15, -0.1) is 0 Å². The summed E-state index contributed by atoms with van der Waals surface area (Å²) in [4.78, 5) is 20.1. The molecule has 1 fully saturated rings. The molecular weight excluding hydrogens is 338 g/mol. The van der Waals surface area contributed by atoms with E-state index in [0.717, 1.165) is 54.7 Å². The summed E-state index contributed by atoms with van der Waals surface area (Å²) >= 11 is 0. The Morgan fingerprint density at radius 1 is 1.00 bits per heavy atom. The van der Waals surface area contributed by atoms with Crippen molar-refractivity contribution in [2.45, 2.75) is 0 Å². The number of hydrogen-bond acceptors (Lipinski definition) is 7. The maximum atomic E-state index is 9.57. The fraction of sp³-hybridized carbons (Fsp3) is 0.300. The minimum atomic E-state index is 0.619. The quantitative estimate of drug-likeness (QED) is 0.710. The summed E-state index contributed by atoms with van der Waals surface area (Å²) in [5, 5.41) is 10.6. The Hall–Kier alpha value is -3.40. The zero-order valence-electron chi connectivity index (χ0n) is 15.5. The maximum Gasteiger partial charge on any atom is 0.227 e. The van der Waals surface area contributed by atoms with E-state index in [1.54, 1.807) is 6.20 Å². The summed E-state index contributed by atoms with van der Waals surface area (Å²) in [6, 6.07) is 14.0. The van der Waals surface area contributed by atoms with Crippen LogP contribution in [0.3, 0.4) is 0 Å². The van der Waals surface area contributed by atoms with Crippen molar-refractivity contribution in [3.8, 4) is 6.07 Å². The molecular formula is C20H21N7. The summed E-state index contributed by atoms with van der Waals surface area (Å²) in [6.45, 7) is 3.12. The van der Waals surface area contributed by atoms with E-state index in [9.17, 15) is 5.26 Å². The van der Waals surface area contributed by atoms with Crippen molar-refractivity contribution in [3.05, 3.63) is 48.2 Å². The van der Waals surface area contributed by atoms with Crippen LogP contribution in [0.4, 0.5) is 17.6 Å². The van der Waals surface area contributed by atoms with Crippen molar-refractivity contribution in [1.82, 2.24) is 15.0 Å². The van der Waals surface area contributed by atoms with Gasteiger partial charge in [0.05, 0.1) is 11.1 Å². The molecule has 3 aromatic rings. The SMILES string of the molecule is CN(C)c1ccnc(N2CCN(c3nc4ccccc4cc3C#N)CC2)n1. The van der Waals surface area contributed by atoms with Crippen LogP contribution in [0, 0.1) is 11.3 Å². The van der Waals surface area contributed by atoms with E-state index in [0.29, 0.717) is 5.56 Å². The van der Waals surface area contributed by atoms with Gasteiger partial charge in [0.2, 0.25) is 5.95 Å². The van der Waals surface area contributed by atoms with Gasteiger partial charge in [-0.1, -0.05) is 18.2 Å². The third kappa shape index (κ3) is 3.34. The predicted molar refractivity (Wildman–Crippen MR) is 107 cm³/mol. The average molecular weight is 359 g/mol. The second-order valence-electron chi connectivity index (χ2n) is 6.75. The Kier molecular flexibility index (Phi) is 4.47. The molecule has 27 heavy (non-hydrogen) atoms. The molecule has 4 rings (SSSR count). The lowest BCUT2D eigenvalue weighted by Gasteiger charge is -2.36. The van der Waals surface area contributed by atoms with Gasteiger partial charge in [-0.25, -0.2) is 9.97 Å². The van der Waals surface area contributed by atoms with Gasteiger partial charge in [0, 0.05) is 51.9 Å². The van der Waals surface area contributed by atoms with Crippen molar-refractivity contribution in [3.63, 3.8) is 0 Å². The van der Waals surface area contributed by atoms with Crippen LogP contribution in [-0.4, -0.2) is 55.2 Å². The van der Waals surface area contributed by atoms with Crippen LogP contribution < -0.4 is 14.7 Å². The molecule has 1 aliphatic heterocycles. The summed E-state index contributed by atoms with van der Waals surface area (Å²) in [7, 11) is 3.94. The first-order valence-corrected chi connectivity index (χ1v) is 8.96. The van der Waals surface area contributed by atoms with Crippen molar-refractivity contribution in [1.29, 1.82) is 5.26 Å². The second kappa shape index (κ2) is 7.08. The van der Waals surface area contributed by atoms with E-state index in [4.69, 9.17) is 4.98 Å². The normalized spacial score (nSPS) is 14.3. The number of nitrogens with zero attached hydrogens (tertiary/aromatic N) is 7. The van der Waals surface area contributed by atoms with E-state index in [2.05, 4.69) is 25.8 Å². The van der Waals surface area contributed by atoms with Crippen molar-refractivity contribution < 1.29 is 0 Å². The van der Waals surface area contributed by atoms with Crippen LogP contribution in [0.2, 0.25) is 0 Å². The molecule has 7 nitrogen and oxygen atoms in total. The van der Waals surface area contributed by atoms with Gasteiger partial charge in [-0.2, -0.15) is 10.2 Å². The zero-order valence-corrected chi connectivity index (χ0v) is 15.5. The summed E-state index contributed by atoms with van der Waals surface area (Å²) in [6.07, 6.45) is 1.79. The molecule has 136 valence electrons. The number of anilines is 3. The van der Waals surface area contributed by atoms with E-state index in [1.165, 1.54) is 0 Å². The van der Waals surface area contributed by atoms with Crippen LogP contribution in [0.5, 0.6) is 0 Å². The molecule has 0 bridgehead atoms. The Morgan fingerprint density at radius 3 is 2.48 bits per heavy atom. The molecule has 1 aliphatic rings. The van der Waals surface area contributed by atoms with Crippen molar-refractivity contribution >= 4 is 28.5 Å². The Labute approximate surface area is 158 Å². The first-order chi connectivity index (χ1) is 13.2. The summed E-state index contributed by atoms with van der Waals surface area (Å²) < 4.78 is 0. The van der Waals surface area contributed by atoms with Gasteiger partial charge in [-0.3, -0.25) is 0 Å². The molecule has 3 heterocycles. The average Bonchev–Trinajstić information content (AvgIpc) is 2.73. The van der Waals surface area contributed by atoms with Gasteiger partial charge < -0.3 is 14.7 Å². The topological polar surface area (TPSA) is 72.2 Å². The van der Waals surface area contributed by atoms with Gasteiger partial charge in [0.1, 0.15) is 17.7 Å². The number of pyridine rings is 1. The van der Waals surface area contributed by atoms with Crippen molar-refractivity contribution in [2.24, 2.45) is 0 Å². The Bertz CT molecular complexity index is 1000. The molecule has 1 saturated heterocycles. The third-order valence-electron chi connectivity index (χ3n) is 4.77. The molecule has 0 unspecified atom stereocenters. The van der Waals surface area contributed by atoms with E-state index in [1.807, 2.05) is 55.4 Å². The molecule has 0 atom stereocenters. The van der Waals surface area contributed by atoms with Crippen LogP contribution in [0.1, 0.15) is 5.56 Å². The summed E-state index contributed by atoms with van der Waals surface area (Å²) in [5.41, 5.74) is 1.53. The van der Waals surface area contributed by atoms with Gasteiger partial charge in [-0.05, 0) is 18.2 Å². The number of benzene rings is 1. The highest BCUT2D eigenvalue weighted by Gasteiger charge is 2.22. The molecule has 0 amide bonds. The number of para-hydroxylation sites is 1. The van der Waals surface area contributed by atoms with Gasteiger partial charge >= 0.3 is 0 Å². The number of rotatable bonds is 3. The first-order valence-electron chi connectivity index (χ1n) is 8.96. The first kappa shape index (κ1) is 17.0. The summed E-state index contributed by atoms with van der Waals surface area (Å²) in [5.74, 6) is 2.40. The van der Waals surface area contributed by atoms with Crippen LogP contribution in [0.25, 0.3) is 10.9 Å². The smallest absolute Gasteiger partial charge is 0.227 e. The number of piperazine rings is 1. The lowest BCUT2D eigenvalue weighted by atomic mass is 10.1. The number of hydrogen-bond donors (Lipinski definition) is 0. The van der Waals surface area contributed by atoms with E-state index >= 15 is 0 Å². The lowest BCUT2D eigenvalue weighted by Crippen LogP contribution is -2.47. The van der Waals surface area contributed by atoms with Crippen molar-refractivity contribution in [2.75, 3.05) is 55.0 Å². The molecule has 0 saturated carbocycles. The molecule has 2 aromatic heterocycles. The molecule has 0 radical (unpaired) electrons. The highest BCUT2D eigenvalue weighted by atomic mass is 15.3. The third-order valence-corrected chi connectivity index (χ3v) is 4.77. The van der Waals surface area contributed by atoms with E-state index in [-0.39, 0.29) is 0 Å². The number of fused-ring (bicyclic) bond motifs is 1. The van der Waals surface area contributed by atoms with Crippen LogP contribution in [0.15, 0.2) is 42.6 Å². The fourth-order valence-corrected chi connectivity index (χ4v) is 3.29. The predicted octanol–water partition coefficient (Wildman–Crippen LogP) is 2.29. The largest absolute Gasteiger partial charge is 0.363 e. The van der Waals surface area contributed by atoms with Crippen LogP contribution in [-0.2, 0) is 0 Å². The molecule has 0 spiro atoms. The number of nitriles is 1. The monoisotopic (exact) mass is 359 g/mol. The zero-order chi connectivity index (χ0) is 18.8. The van der Waals surface area contributed by atoms with Crippen LogP contribution >= 0.6 is 0 Å². The van der Waals surface area contributed by atoms with Gasteiger partial charge in [0.25, 0.3) is 0 Å². The molecule has 7 heteroatoms. The standard InChI is InChI=1S/C20H21N7/c1-25(2)18-7-8-22-20(24-18)27-11-9-26(10-12-27)19-16(14-21)13-15-5-3-4-6-17(15)23-19/h3-8,13H,9-12H2,1-2H3. The Morgan fingerprint density at radius 2 is 1.74 bits per heavy atom. The minimum Gasteiger partial charge on any atom is -0.363 e. The molecule has 1 aromatic carbocycles. The highest BCUT2D eigenvalue weighted by Crippen LogP contribution is 2.25. The maximum absolute atomic E-state index is 9.57. The van der Waals surface area contributed by atoms with Gasteiger partial charge in [0.15, 0.2) is 0 Å². The fourth-order valence-electron chi connectivity index (χ4n) is 3.29. The Balaban J connectivity index is 1.55. The molecule has 0 aliphatic carbocycles. The second-order valence-corrected chi connectivity index (χ2v) is 6.75. The van der Waals surface area contributed by atoms with E-state index < -0.39 is 0 Å².